The van der Waals surface area contributed by atoms with Gasteiger partial charge in [-0.05, 0) is 48.4 Å². The number of rotatable bonds is 6. The van der Waals surface area contributed by atoms with Crippen molar-refractivity contribution in [1.82, 2.24) is 15.1 Å². The molecule has 0 aromatic heterocycles. The lowest BCUT2D eigenvalue weighted by atomic mass is 9.61. The molecule has 2 N–H and O–H groups in total. The Bertz CT molecular complexity index is 1180. The smallest absolute Gasteiger partial charge is 0.255 e. The lowest BCUT2D eigenvalue weighted by Gasteiger charge is -2.54. The van der Waals surface area contributed by atoms with Crippen LogP contribution in [0.2, 0.25) is 0 Å². The minimum atomic E-state index is -1.01. The average Bonchev–Trinajstić information content (AvgIpc) is 3.21. The Hall–Kier alpha value is -3.03. The fraction of sp³-hybridized carbons (Fsp3) is 0.483. The van der Waals surface area contributed by atoms with E-state index in [1.165, 1.54) is 5.56 Å². The van der Waals surface area contributed by atoms with Crippen LogP contribution in [0.3, 0.4) is 0 Å². The fourth-order valence-corrected chi connectivity index (χ4v) is 6.54. The van der Waals surface area contributed by atoms with Crippen molar-refractivity contribution in [2.45, 2.75) is 70.7 Å². The van der Waals surface area contributed by atoms with Crippen LogP contribution in [0.15, 0.2) is 48.5 Å². The first-order valence-electron chi connectivity index (χ1n) is 13.1. The van der Waals surface area contributed by atoms with Gasteiger partial charge in [-0.25, -0.2) is 0 Å². The maximum atomic E-state index is 13.1. The molecule has 0 saturated carbocycles. The SMILES string of the molecule is CCC1(CC)CN(Cc2ccccc2)CCC1(O)c1ccc2c(c1)CN(C1CCC(=O)NC1=O)C2=O. The van der Waals surface area contributed by atoms with Gasteiger partial charge in [0.2, 0.25) is 11.8 Å². The molecule has 2 aromatic rings. The van der Waals surface area contributed by atoms with Crippen LogP contribution >= 0.6 is 0 Å². The highest BCUT2D eigenvalue weighted by Gasteiger charge is 2.53. The minimum Gasteiger partial charge on any atom is -0.384 e. The van der Waals surface area contributed by atoms with Crippen molar-refractivity contribution in [2.24, 2.45) is 5.41 Å². The van der Waals surface area contributed by atoms with Gasteiger partial charge in [0.1, 0.15) is 6.04 Å². The summed E-state index contributed by atoms with van der Waals surface area (Å²) in [5.74, 6) is -0.889. The molecule has 2 saturated heterocycles. The second-order valence-electron chi connectivity index (χ2n) is 10.6. The van der Waals surface area contributed by atoms with Crippen LogP contribution in [-0.2, 0) is 28.3 Å². The topological polar surface area (TPSA) is 89.9 Å². The number of carbonyl (C=O) groups is 3. The quantitative estimate of drug-likeness (QED) is 0.608. The average molecular weight is 490 g/mol. The first-order valence-corrected chi connectivity index (χ1v) is 13.1. The largest absolute Gasteiger partial charge is 0.384 e. The van der Waals surface area contributed by atoms with Crippen molar-refractivity contribution in [1.29, 1.82) is 0 Å². The van der Waals surface area contributed by atoms with E-state index < -0.39 is 17.6 Å². The van der Waals surface area contributed by atoms with Crippen molar-refractivity contribution in [2.75, 3.05) is 13.1 Å². The third kappa shape index (κ3) is 4.04. The number of piperidine rings is 2. The van der Waals surface area contributed by atoms with Gasteiger partial charge in [0.15, 0.2) is 0 Å². The zero-order valence-corrected chi connectivity index (χ0v) is 21.1. The molecule has 0 aliphatic carbocycles. The third-order valence-electron chi connectivity index (χ3n) is 8.80. The molecule has 36 heavy (non-hydrogen) atoms. The molecule has 3 aliphatic heterocycles. The van der Waals surface area contributed by atoms with E-state index in [2.05, 4.69) is 48.3 Å². The summed E-state index contributed by atoms with van der Waals surface area (Å²) in [5.41, 5.74) is 2.20. The van der Waals surface area contributed by atoms with Gasteiger partial charge >= 0.3 is 0 Å². The summed E-state index contributed by atoms with van der Waals surface area (Å²) in [7, 11) is 0. The van der Waals surface area contributed by atoms with E-state index >= 15 is 0 Å². The normalized spacial score (nSPS) is 26.1. The number of nitrogens with one attached hydrogen (secondary N) is 1. The van der Waals surface area contributed by atoms with Crippen LogP contribution in [0.5, 0.6) is 0 Å². The van der Waals surface area contributed by atoms with Crippen molar-refractivity contribution < 1.29 is 19.5 Å². The van der Waals surface area contributed by atoms with Crippen LogP contribution in [-0.4, -0.2) is 51.8 Å². The first kappa shape index (κ1) is 24.7. The highest BCUT2D eigenvalue weighted by molar-refractivity contribution is 6.05. The lowest BCUT2D eigenvalue weighted by Crippen LogP contribution is -2.57. The highest BCUT2D eigenvalue weighted by atomic mass is 16.3. The number of hydrogen-bond acceptors (Lipinski definition) is 5. The summed E-state index contributed by atoms with van der Waals surface area (Å²) >= 11 is 0. The molecule has 190 valence electrons. The van der Waals surface area contributed by atoms with Gasteiger partial charge in [-0.2, -0.15) is 0 Å². The molecular formula is C29H35N3O4. The van der Waals surface area contributed by atoms with Gasteiger partial charge in [-0.3, -0.25) is 24.6 Å². The molecule has 3 heterocycles. The Morgan fingerprint density at radius 2 is 1.81 bits per heavy atom. The van der Waals surface area contributed by atoms with E-state index in [0.29, 0.717) is 24.9 Å². The number of carbonyl (C=O) groups excluding carboxylic acids is 3. The van der Waals surface area contributed by atoms with Crippen molar-refractivity contribution in [3.8, 4) is 0 Å². The first-order chi connectivity index (χ1) is 17.3. The second kappa shape index (κ2) is 9.45. The number of fused-ring (bicyclic) bond motifs is 1. The van der Waals surface area contributed by atoms with Gasteiger partial charge < -0.3 is 10.0 Å². The molecule has 2 fully saturated rings. The molecule has 2 atom stereocenters. The number of aliphatic hydroxyl groups is 1. The van der Waals surface area contributed by atoms with E-state index in [1.807, 2.05) is 24.3 Å². The molecule has 5 rings (SSSR count). The molecule has 0 spiro atoms. The zero-order chi connectivity index (χ0) is 25.5. The lowest BCUT2D eigenvalue weighted by molar-refractivity contribution is -0.148. The Balaban J connectivity index is 1.40. The predicted octanol–water partition coefficient (Wildman–Crippen LogP) is 3.35. The maximum Gasteiger partial charge on any atom is 0.255 e. The number of benzene rings is 2. The van der Waals surface area contributed by atoms with Gasteiger partial charge in [-0.15, -0.1) is 0 Å². The number of amides is 3. The van der Waals surface area contributed by atoms with E-state index in [0.717, 1.165) is 43.6 Å². The monoisotopic (exact) mass is 489 g/mol. The fourth-order valence-electron chi connectivity index (χ4n) is 6.54. The number of hydrogen-bond donors (Lipinski definition) is 2. The zero-order valence-electron chi connectivity index (χ0n) is 21.1. The minimum absolute atomic E-state index is 0.187. The van der Waals surface area contributed by atoms with E-state index in [-0.39, 0.29) is 23.7 Å². The molecule has 3 aliphatic rings. The van der Waals surface area contributed by atoms with Gasteiger partial charge in [0.25, 0.3) is 5.91 Å². The van der Waals surface area contributed by atoms with Crippen molar-refractivity contribution >= 4 is 17.7 Å². The van der Waals surface area contributed by atoms with E-state index in [9.17, 15) is 19.5 Å². The van der Waals surface area contributed by atoms with Crippen LogP contribution in [0.25, 0.3) is 0 Å². The highest BCUT2D eigenvalue weighted by Crippen LogP contribution is 2.51. The van der Waals surface area contributed by atoms with Crippen molar-refractivity contribution in [3.63, 3.8) is 0 Å². The van der Waals surface area contributed by atoms with Gasteiger partial charge in [-0.1, -0.05) is 56.3 Å². The van der Waals surface area contributed by atoms with E-state index in [1.54, 1.807) is 4.90 Å². The Morgan fingerprint density at radius 1 is 1.06 bits per heavy atom. The summed E-state index contributed by atoms with van der Waals surface area (Å²) in [4.78, 5) is 41.1. The Kier molecular flexibility index (Phi) is 6.47. The molecule has 7 heteroatoms. The molecular weight excluding hydrogens is 454 g/mol. The third-order valence-corrected chi connectivity index (χ3v) is 8.80. The molecule has 0 radical (unpaired) electrons. The molecule has 2 aromatic carbocycles. The summed E-state index contributed by atoms with van der Waals surface area (Å²) in [6.07, 6.45) is 2.86. The summed E-state index contributed by atoms with van der Waals surface area (Å²) in [5, 5.41) is 14.6. The number of imide groups is 1. The molecule has 7 nitrogen and oxygen atoms in total. The Labute approximate surface area is 212 Å². The molecule has 0 bridgehead atoms. The number of likely N-dealkylation sites (tertiary alicyclic amines) is 1. The van der Waals surface area contributed by atoms with Crippen LogP contribution in [0.4, 0.5) is 0 Å². The standard InChI is InChI=1S/C29H35N3O4/c1-3-28(4-2)19-31(17-20-8-6-5-7-9-20)15-14-29(28,36)22-10-11-23-21(16-22)18-32(27(23)35)24-12-13-25(33)30-26(24)34/h5-11,16,24,36H,3-4,12-15,17-19H2,1-2H3,(H,30,33,34). The van der Waals surface area contributed by atoms with Crippen LogP contribution in [0.1, 0.15) is 73.0 Å². The van der Waals surface area contributed by atoms with Crippen LogP contribution < -0.4 is 5.32 Å². The summed E-state index contributed by atoms with van der Waals surface area (Å²) in [6.45, 7) is 7.06. The summed E-state index contributed by atoms with van der Waals surface area (Å²) in [6, 6.07) is 15.5. The van der Waals surface area contributed by atoms with Crippen LogP contribution in [0, 0.1) is 5.41 Å². The predicted molar refractivity (Wildman–Crippen MR) is 136 cm³/mol. The maximum absolute atomic E-state index is 13.1. The number of nitrogens with zero attached hydrogens (tertiary/aromatic N) is 2. The van der Waals surface area contributed by atoms with Gasteiger partial charge in [0, 0.05) is 43.6 Å². The molecule has 2 unspecified atom stereocenters. The molecule has 3 amide bonds. The van der Waals surface area contributed by atoms with E-state index in [4.69, 9.17) is 0 Å². The van der Waals surface area contributed by atoms with Crippen molar-refractivity contribution in [3.05, 3.63) is 70.8 Å². The van der Waals surface area contributed by atoms with Gasteiger partial charge in [0.05, 0.1) is 5.60 Å². The summed E-state index contributed by atoms with van der Waals surface area (Å²) < 4.78 is 0. The Morgan fingerprint density at radius 3 is 2.50 bits per heavy atom. The second-order valence-corrected chi connectivity index (χ2v) is 10.6.